The van der Waals surface area contributed by atoms with Crippen LogP contribution in [0.5, 0.6) is 11.5 Å². The van der Waals surface area contributed by atoms with Crippen molar-refractivity contribution in [2.24, 2.45) is 0 Å². The van der Waals surface area contributed by atoms with Gasteiger partial charge in [0.1, 0.15) is 11.0 Å². The summed E-state index contributed by atoms with van der Waals surface area (Å²) in [4.78, 5) is 8.13. The van der Waals surface area contributed by atoms with Crippen LogP contribution in [0.15, 0.2) is 48.8 Å². The Balaban J connectivity index is 0.000000494. The maximum atomic E-state index is 9.65. The zero-order valence-electron chi connectivity index (χ0n) is 17.0. The second-order valence-corrected chi connectivity index (χ2v) is 10.8. The van der Waals surface area contributed by atoms with Crippen LogP contribution in [0.1, 0.15) is 0 Å². The minimum Gasteiger partial charge on any atom is -0.780 e. The van der Waals surface area contributed by atoms with Gasteiger partial charge in [0.15, 0.2) is 11.5 Å². The van der Waals surface area contributed by atoms with Crippen LogP contribution in [0, 0.1) is 7.14 Å². The molecule has 0 saturated heterocycles. The number of hydrogen-bond acceptors (Lipinski definition) is 8. The van der Waals surface area contributed by atoms with E-state index in [-0.39, 0.29) is 70.6 Å². The summed E-state index contributed by atoms with van der Waals surface area (Å²) < 4.78 is 28.1. The Labute approximate surface area is 276 Å². The fourth-order valence-electron chi connectivity index (χ4n) is 2.31. The number of nitrogens with zero attached hydrogens (tertiary/aromatic N) is 2. The zero-order valence-corrected chi connectivity index (χ0v) is 28.4. The quantitative estimate of drug-likeness (QED) is 0.180. The molecule has 4 aromatic rings. The number of hydrogen-bond donors (Lipinski definition) is 2. The molecule has 0 atom stereocenters. The second-order valence-electron chi connectivity index (χ2n) is 5.59. The maximum Gasteiger partial charge on any atom is 1.00 e. The molecule has 0 aliphatic rings. The van der Waals surface area contributed by atoms with Crippen molar-refractivity contribution in [2.75, 3.05) is 0 Å². The number of aromatic hydroxyl groups is 2. The van der Waals surface area contributed by atoms with Crippen LogP contribution in [-0.2, 0) is 20.2 Å². The third kappa shape index (κ3) is 10.6. The largest absolute Gasteiger partial charge is 1.00 e. The first kappa shape index (κ1) is 34.2. The SMILES string of the molecule is O=S([O-])([O-])=S.Oc1c(I)cc(Cl)c2cccnc12.Oc1c(I)cc(Cl)c2cccnc12.[Na+].[Na+]. The molecule has 0 saturated carbocycles. The van der Waals surface area contributed by atoms with Gasteiger partial charge in [0.25, 0.3) is 0 Å². The van der Waals surface area contributed by atoms with Crippen LogP contribution in [0.2, 0.25) is 10.0 Å². The minimum atomic E-state index is -4.33. The van der Waals surface area contributed by atoms with E-state index in [4.69, 9.17) is 36.5 Å². The molecule has 0 bridgehead atoms. The average Bonchev–Trinajstić information content (AvgIpc) is 2.70. The zero-order chi connectivity index (χ0) is 23.3. The van der Waals surface area contributed by atoms with Gasteiger partial charge in [-0.3, -0.25) is 14.2 Å². The molecule has 2 heterocycles. The van der Waals surface area contributed by atoms with Gasteiger partial charge in [-0.1, -0.05) is 23.2 Å². The van der Waals surface area contributed by atoms with E-state index in [0.717, 1.165) is 10.8 Å². The monoisotopic (exact) mass is 768 g/mol. The molecule has 7 nitrogen and oxygen atoms in total. The first-order valence-corrected chi connectivity index (χ1v) is 13.1. The minimum absolute atomic E-state index is 0. The van der Waals surface area contributed by atoms with Gasteiger partial charge in [-0.25, -0.2) is 0 Å². The Hall–Kier alpha value is 1.19. The summed E-state index contributed by atoms with van der Waals surface area (Å²) in [5.74, 6) is 0.390. The Morgan fingerprint density at radius 2 is 1.15 bits per heavy atom. The van der Waals surface area contributed by atoms with Crippen LogP contribution in [0.3, 0.4) is 0 Å². The fourth-order valence-corrected chi connectivity index (χ4v) is 4.34. The molecule has 4 rings (SSSR count). The van der Waals surface area contributed by atoms with Gasteiger partial charge in [-0.05, 0) is 92.8 Å². The van der Waals surface area contributed by atoms with Gasteiger partial charge in [0.2, 0.25) is 0 Å². The Kier molecular flexibility index (Phi) is 16.0. The average molecular weight is 769 g/mol. The first-order valence-electron chi connectivity index (χ1n) is 7.90. The number of aromatic nitrogens is 2. The number of rotatable bonds is 0. The molecule has 0 aliphatic heterocycles. The molecule has 0 fully saturated rings. The van der Waals surface area contributed by atoms with Gasteiger partial charge in [0, 0.05) is 23.2 Å². The molecule has 2 aromatic carbocycles. The van der Waals surface area contributed by atoms with E-state index in [0.29, 0.717) is 28.2 Å². The number of phenolic OH excluding ortho intramolecular Hbond substituents is 2. The molecule has 0 unspecified atom stereocenters. The van der Waals surface area contributed by atoms with Crippen molar-refractivity contribution in [1.82, 2.24) is 9.97 Å². The van der Waals surface area contributed by atoms with Gasteiger partial charge < -0.3 is 19.3 Å². The van der Waals surface area contributed by atoms with Crippen molar-refractivity contribution in [3.05, 3.63) is 66.0 Å². The number of fused-ring (bicyclic) bond motifs is 2. The summed E-state index contributed by atoms with van der Waals surface area (Å²) in [6.45, 7) is 0. The number of halogens is 4. The molecule has 2 aromatic heterocycles. The Morgan fingerprint density at radius 3 is 1.45 bits per heavy atom. The predicted molar refractivity (Wildman–Crippen MR) is 139 cm³/mol. The summed E-state index contributed by atoms with van der Waals surface area (Å²) in [5.41, 5.74) is 1.11. The second kappa shape index (κ2) is 15.4. The molecule has 0 spiro atoms. The molecular formula is C18H10Cl2I2N2Na2O5S2. The van der Waals surface area contributed by atoms with Crippen molar-refractivity contribution in [3.8, 4) is 11.5 Å². The summed E-state index contributed by atoms with van der Waals surface area (Å²) in [6, 6.07) is 10.7. The fraction of sp³-hybridized carbons (Fsp3) is 0. The van der Waals surface area contributed by atoms with Gasteiger partial charge in [-0.2, -0.15) is 0 Å². The third-order valence-electron chi connectivity index (χ3n) is 3.54. The van der Waals surface area contributed by atoms with Crippen molar-refractivity contribution in [3.63, 3.8) is 0 Å². The predicted octanol–water partition coefficient (Wildman–Crippen LogP) is -0.602. The number of pyridine rings is 2. The van der Waals surface area contributed by atoms with Gasteiger partial charge >= 0.3 is 59.1 Å². The molecule has 164 valence electrons. The van der Waals surface area contributed by atoms with Crippen LogP contribution < -0.4 is 59.1 Å². The summed E-state index contributed by atoms with van der Waals surface area (Å²) >= 11 is 19.2. The van der Waals surface area contributed by atoms with Crippen LogP contribution >= 0.6 is 68.4 Å². The Bertz CT molecular complexity index is 1270. The van der Waals surface area contributed by atoms with Gasteiger partial charge in [0.05, 0.1) is 17.2 Å². The molecule has 15 heteroatoms. The van der Waals surface area contributed by atoms with E-state index >= 15 is 0 Å². The molecule has 33 heavy (non-hydrogen) atoms. The summed E-state index contributed by atoms with van der Waals surface area (Å²) in [6.07, 6.45) is 3.27. The van der Waals surface area contributed by atoms with Crippen LogP contribution in [0.4, 0.5) is 0 Å². The van der Waals surface area contributed by atoms with E-state index in [2.05, 4.69) is 21.2 Å². The van der Waals surface area contributed by atoms with E-state index in [1.807, 2.05) is 57.3 Å². The molecule has 0 aliphatic carbocycles. The smallest absolute Gasteiger partial charge is 0.780 e. The number of benzene rings is 2. The van der Waals surface area contributed by atoms with E-state index in [1.54, 1.807) is 36.7 Å². The van der Waals surface area contributed by atoms with Gasteiger partial charge in [-0.15, -0.1) is 9.05 Å². The van der Waals surface area contributed by atoms with Crippen molar-refractivity contribution < 1.29 is 82.6 Å². The Morgan fingerprint density at radius 1 is 0.848 bits per heavy atom. The standard InChI is InChI=1S/2C9H5ClINO.2Na.H2O3S2/c2*10-6-4-7(11)9(13)8-5(6)2-1-3-12-8;;;1-5(2,3)4/h2*1-4,13H;;;(H2,1,2,3,4)/q;;2*+1;/p-2. The summed E-state index contributed by atoms with van der Waals surface area (Å²) in [5, 5.41) is 22.1. The maximum absolute atomic E-state index is 9.65. The van der Waals surface area contributed by atoms with Crippen molar-refractivity contribution in [1.29, 1.82) is 0 Å². The van der Waals surface area contributed by atoms with E-state index in [9.17, 15) is 10.2 Å². The molecule has 0 radical (unpaired) electrons. The number of phenols is 2. The van der Waals surface area contributed by atoms with Crippen molar-refractivity contribution in [2.45, 2.75) is 0 Å². The molecular weight excluding hydrogens is 759 g/mol. The van der Waals surface area contributed by atoms with Crippen LogP contribution in [0.25, 0.3) is 21.8 Å². The molecule has 0 amide bonds. The van der Waals surface area contributed by atoms with Crippen molar-refractivity contribution >= 4 is 110 Å². The first-order chi connectivity index (χ1) is 14.4. The van der Waals surface area contributed by atoms with E-state index in [1.165, 1.54) is 0 Å². The third-order valence-corrected chi connectivity index (χ3v) is 5.81. The normalized spacial score (nSPS) is 10.1. The summed E-state index contributed by atoms with van der Waals surface area (Å²) in [7, 11) is -4.33. The topological polar surface area (TPSA) is 129 Å². The van der Waals surface area contributed by atoms with Crippen LogP contribution in [-0.4, -0.2) is 33.5 Å². The molecule has 2 N–H and O–H groups in total. The van der Waals surface area contributed by atoms with E-state index < -0.39 is 9.05 Å².